The molecule has 20 heavy (non-hydrogen) atoms. The summed E-state index contributed by atoms with van der Waals surface area (Å²) in [5, 5.41) is 3.76. The van der Waals surface area contributed by atoms with Crippen LogP contribution in [0.15, 0.2) is 28.8 Å². The number of ether oxygens (including phenoxy) is 1. The molecule has 2 rings (SSSR count). The monoisotopic (exact) mass is 278 g/mol. The lowest BCUT2D eigenvalue weighted by molar-refractivity contribution is -0.144. The van der Waals surface area contributed by atoms with Gasteiger partial charge in [0.2, 0.25) is 5.89 Å². The van der Waals surface area contributed by atoms with Crippen molar-refractivity contribution in [2.45, 2.75) is 26.2 Å². The predicted octanol–water partition coefficient (Wildman–Crippen LogP) is 2.47. The Labute approximate surface area is 115 Å². The van der Waals surface area contributed by atoms with Gasteiger partial charge in [0, 0.05) is 6.42 Å². The summed E-state index contributed by atoms with van der Waals surface area (Å²) in [6, 6.07) is 5.71. The SMILES string of the molecule is CCOC(=O)C(c1cccc(F)c1)c1nc(CC)no1. The van der Waals surface area contributed by atoms with Gasteiger partial charge in [-0.2, -0.15) is 4.98 Å². The molecule has 1 unspecified atom stereocenters. The van der Waals surface area contributed by atoms with Gasteiger partial charge in [0.25, 0.3) is 0 Å². The van der Waals surface area contributed by atoms with Crippen LogP contribution in [-0.2, 0) is 16.0 Å². The van der Waals surface area contributed by atoms with Crippen molar-refractivity contribution in [2.24, 2.45) is 0 Å². The number of carbonyl (C=O) groups is 1. The van der Waals surface area contributed by atoms with Crippen molar-refractivity contribution in [1.29, 1.82) is 0 Å². The van der Waals surface area contributed by atoms with Crippen LogP contribution < -0.4 is 0 Å². The minimum atomic E-state index is -0.904. The van der Waals surface area contributed by atoms with Gasteiger partial charge in [-0.15, -0.1) is 0 Å². The Balaban J connectivity index is 2.41. The number of nitrogens with zero attached hydrogens (tertiary/aromatic N) is 2. The number of halogens is 1. The standard InChI is InChI=1S/C14H15FN2O3/c1-3-11-16-13(20-17-11)12(14(18)19-4-2)9-6-5-7-10(15)8-9/h5-8,12H,3-4H2,1-2H3. The number of aryl methyl sites for hydroxylation is 1. The van der Waals surface area contributed by atoms with E-state index < -0.39 is 17.7 Å². The van der Waals surface area contributed by atoms with E-state index in [-0.39, 0.29) is 12.5 Å². The van der Waals surface area contributed by atoms with Crippen LogP contribution in [0.3, 0.4) is 0 Å². The molecule has 0 aliphatic rings. The maximum absolute atomic E-state index is 13.3. The normalized spacial score (nSPS) is 12.2. The molecule has 0 bridgehead atoms. The summed E-state index contributed by atoms with van der Waals surface area (Å²) < 4.78 is 23.4. The molecule has 0 aliphatic carbocycles. The van der Waals surface area contributed by atoms with Crippen LogP contribution in [0.4, 0.5) is 4.39 Å². The fourth-order valence-electron chi connectivity index (χ4n) is 1.82. The molecular weight excluding hydrogens is 263 g/mol. The van der Waals surface area contributed by atoms with Gasteiger partial charge in [0.1, 0.15) is 5.82 Å². The van der Waals surface area contributed by atoms with E-state index in [1.54, 1.807) is 13.0 Å². The first-order chi connectivity index (χ1) is 9.65. The van der Waals surface area contributed by atoms with Gasteiger partial charge in [-0.1, -0.05) is 24.2 Å². The summed E-state index contributed by atoms with van der Waals surface area (Å²) >= 11 is 0. The number of aromatic nitrogens is 2. The van der Waals surface area contributed by atoms with Crippen molar-refractivity contribution in [3.63, 3.8) is 0 Å². The minimum absolute atomic E-state index is 0.117. The molecule has 6 heteroatoms. The first kappa shape index (κ1) is 14.2. The van der Waals surface area contributed by atoms with Crippen LogP contribution in [0.5, 0.6) is 0 Å². The summed E-state index contributed by atoms with van der Waals surface area (Å²) in [4.78, 5) is 16.2. The summed E-state index contributed by atoms with van der Waals surface area (Å²) in [6.45, 7) is 3.79. The summed E-state index contributed by atoms with van der Waals surface area (Å²) in [5.74, 6) is -1.27. The third-order valence-electron chi connectivity index (χ3n) is 2.75. The Hall–Kier alpha value is -2.24. The summed E-state index contributed by atoms with van der Waals surface area (Å²) in [6.07, 6.45) is 0.586. The van der Waals surface area contributed by atoms with E-state index in [1.807, 2.05) is 6.92 Å². The quantitative estimate of drug-likeness (QED) is 0.786. The number of hydrogen-bond acceptors (Lipinski definition) is 5. The summed E-state index contributed by atoms with van der Waals surface area (Å²) in [5.41, 5.74) is 0.426. The molecule has 0 aliphatic heterocycles. The van der Waals surface area contributed by atoms with E-state index in [9.17, 15) is 9.18 Å². The van der Waals surface area contributed by atoms with E-state index in [4.69, 9.17) is 9.26 Å². The molecule has 0 spiro atoms. The van der Waals surface area contributed by atoms with Crippen molar-refractivity contribution in [1.82, 2.24) is 10.1 Å². The third-order valence-corrected chi connectivity index (χ3v) is 2.75. The molecule has 0 radical (unpaired) electrons. The Morgan fingerprint density at radius 2 is 2.25 bits per heavy atom. The lowest BCUT2D eigenvalue weighted by Crippen LogP contribution is -2.18. The van der Waals surface area contributed by atoms with Crippen molar-refractivity contribution in [2.75, 3.05) is 6.61 Å². The van der Waals surface area contributed by atoms with Crippen molar-refractivity contribution in [3.05, 3.63) is 47.4 Å². The zero-order valence-corrected chi connectivity index (χ0v) is 11.3. The molecule has 1 heterocycles. The van der Waals surface area contributed by atoms with Crippen LogP contribution in [0.2, 0.25) is 0 Å². The molecule has 1 aromatic heterocycles. The third kappa shape index (κ3) is 3.01. The van der Waals surface area contributed by atoms with Crippen LogP contribution >= 0.6 is 0 Å². The van der Waals surface area contributed by atoms with Gasteiger partial charge in [-0.25, -0.2) is 4.39 Å². The second kappa shape index (κ2) is 6.27. The van der Waals surface area contributed by atoms with Crippen molar-refractivity contribution in [3.8, 4) is 0 Å². The average Bonchev–Trinajstić information content (AvgIpc) is 2.88. The zero-order chi connectivity index (χ0) is 14.5. The van der Waals surface area contributed by atoms with Crippen LogP contribution in [0, 0.1) is 5.82 Å². The molecule has 1 aromatic carbocycles. The number of benzene rings is 1. The van der Waals surface area contributed by atoms with E-state index in [1.165, 1.54) is 18.2 Å². The summed E-state index contributed by atoms with van der Waals surface area (Å²) in [7, 11) is 0. The molecule has 0 saturated heterocycles. The lowest BCUT2D eigenvalue weighted by Gasteiger charge is -2.12. The van der Waals surface area contributed by atoms with Gasteiger partial charge in [0.05, 0.1) is 6.61 Å². The molecule has 0 saturated carbocycles. The molecule has 2 aromatic rings. The average molecular weight is 278 g/mol. The van der Waals surface area contributed by atoms with Gasteiger partial charge in [-0.3, -0.25) is 4.79 Å². The Morgan fingerprint density at radius 1 is 1.45 bits per heavy atom. The fraction of sp³-hybridized carbons (Fsp3) is 0.357. The molecule has 0 N–H and O–H groups in total. The molecule has 5 nitrogen and oxygen atoms in total. The second-order valence-corrected chi connectivity index (χ2v) is 4.14. The number of carbonyl (C=O) groups excluding carboxylic acids is 1. The fourth-order valence-corrected chi connectivity index (χ4v) is 1.82. The highest BCUT2D eigenvalue weighted by molar-refractivity contribution is 5.80. The molecule has 106 valence electrons. The maximum Gasteiger partial charge on any atom is 0.323 e. The first-order valence-electron chi connectivity index (χ1n) is 6.40. The van der Waals surface area contributed by atoms with Crippen LogP contribution in [0.25, 0.3) is 0 Å². The largest absolute Gasteiger partial charge is 0.465 e. The molecule has 0 fully saturated rings. The highest BCUT2D eigenvalue weighted by Crippen LogP contribution is 2.25. The van der Waals surface area contributed by atoms with Crippen molar-refractivity contribution >= 4 is 5.97 Å². The van der Waals surface area contributed by atoms with E-state index in [0.717, 1.165) is 0 Å². The second-order valence-electron chi connectivity index (χ2n) is 4.14. The molecule has 0 amide bonds. The van der Waals surface area contributed by atoms with Gasteiger partial charge in [0.15, 0.2) is 11.7 Å². The first-order valence-corrected chi connectivity index (χ1v) is 6.40. The Kier molecular flexibility index (Phi) is 4.45. The lowest BCUT2D eigenvalue weighted by atomic mass is 9.99. The van der Waals surface area contributed by atoms with Gasteiger partial charge >= 0.3 is 5.97 Å². The molecular formula is C14H15FN2O3. The topological polar surface area (TPSA) is 65.2 Å². The van der Waals surface area contributed by atoms with Gasteiger partial charge in [-0.05, 0) is 24.6 Å². The Bertz CT molecular complexity index is 598. The highest BCUT2D eigenvalue weighted by Gasteiger charge is 2.30. The zero-order valence-electron chi connectivity index (χ0n) is 11.3. The molecule has 1 atom stereocenters. The smallest absolute Gasteiger partial charge is 0.323 e. The van der Waals surface area contributed by atoms with E-state index in [2.05, 4.69) is 10.1 Å². The van der Waals surface area contributed by atoms with E-state index >= 15 is 0 Å². The van der Waals surface area contributed by atoms with Crippen LogP contribution in [-0.4, -0.2) is 22.7 Å². The number of hydrogen-bond donors (Lipinski definition) is 0. The van der Waals surface area contributed by atoms with E-state index in [0.29, 0.717) is 17.8 Å². The Morgan fingerprint density at radius 3 is 2.85 bits per heavy atom. The number of rotatable bonds is 5. The van der Waals surface area contributed by atoms with Crippen LogP contribution in [0.1, 0.15) is 37.0 Å². The maximum atomic E-state index is 13.3. The highest BCUT2D eigenvalue weighted by atomic mass is 19.1. The van der Waals surface area contributed by atoms with Crippen molar-refractivity contribution < 1.29 is 18.4 Å². The van der Waals surface area contributed by atoms with Gasteiger partial charge < -0.3 is 9.26 Å². The number of esters is 1. The minimum Gasteiger partial charge on any atom is -0.465 e. The predicted molar refractivity (Wildman–Crippen MR) is 68.6 cm³/mol.